The number of rotatable bonds is 0. The number of nitrogens with zero attached hydrogens (tertiary/aromatic N) is 1. The number of carbonyl (C=O) groups excluding carboxylic acids is 1. The first-order chi connectivity index (χ1) is 4.70. The van der Waals surface area contributed by atoms with Crippen molar-refractivity contribution in [3.63, 3.8) is 0 Å². The highest BCUT2D eigenvalue weighted by atomic mass is 79.9. The maximum atomic E-state index is 10.7. The lowest BCUT2D eigenvalue weighted by Gasteiger charge is -1.87. The molecule has 0 fully saturated rings. The van der Waals surface area contributed by atoms with Crippen LogP contribution in [0.2, 0.25) is 0 Å². The van der Waals surface area contributed by atoms with E-state index >= 15 is 0 Å². The van der Waals surface area contributed by atoms with E-state index in [1.165, 1.54) is 11.5 Å². The molecule has 0 aliphatic rings. The van der Waals surface area contributed by atoms with Gasteiger partial charge in [0.05, 0.1) is 11.4 Å². The molecule has 0 saturated heterocycles. The summed E-state index contributed by atoms with van der Waals surface area (Å²) in [6.45, 7) is 1.52. The van der Waals surface area contributed by atoms with Gasteiger partial charge >= 0.3 is 5.91 Å². The fourth-order valence-corrected chi connectivity index (χ4v) is 1.02. The Bertz CT molecular complexity index is 260. The van der Waals surface area contributed by atoms with E-state index in [4.69, 9.17) is 0 Å². The lowest BCUT2D eigenvalue weighted by atomic mass is 10.5. The average Bonchev–Trinajstić information content (AvgIpc) is 1.88. The van der Waals surface area contributed by atoms with E-state index in [1.54, 1.807) is 12.4 Å². The lowest BCUT2D eigenvalue weighted by Crippen LogP contribution is -2.39. The fourth-order valence-electron chi connectivity index (χ4n) is 0.642. The summed E-state index contributed by atoms with van der Waals surface area (Å²) in [5.74, 6) is 0.0151. The molecule has 1 rings (SSSR count). The molecule has 52 valence electrons. The van der Waals surface area contributed by atoms with Gasteiger partial charge in [-0.3, -0.25) is 0 Å². The molecule has 1 aromatic heterocycles. The third-order valence-electron chi connectivity index (χ3n) is 1.13. The van der Waals surface area contributed by atoms with Crippen LogP contribution in [0, 0.1) is 0 Å². The van der Waals surface area contributed by atoms with Gasteiger partial charge in [-0.05, 0) is 22.0 Å². The first-order valence-electron chi connectivity index (χ1n) is 2.88. The third kappa shape index (κ3) is 1.64. The van der Waals surface area contributed by atoms with Gasteiger partial charge in [0.2, 0.25) is 0 Å². The number of halogens is 1. The zero-order valence-corrected chi connectivity index (χ0v) is 7.13. The second-order valence-corrected chi connectivity index (χ2v) is 2.86. The van der Waals surface area contributed by atoms with E-state index in [-0.39, 0.29) is 5.91 Å². The number of hydrogen-bond acceptors (Lipinski definition) is 1. The minimum atomic E-state index is 0.0151. The largest absolute Gasteiger partial charge is 0.389 e. The van der Waals surface area contributed by atoms with E-state index in [9.17, 15) is 4.79 Å². The number of hydrogen-bond donors (Lipinski definition) is 0. The van der Waals surface area contributed by atoms with E-state index in [0.29, 0.717) is 0 Å². The van der Waals surface area contributed by atoms with Crippen molar-refractivity contribution in [2.24, 2.45) is 0 Å². The fraction of sp³-hybridized carbons (Fsp3) is 0.143. The second kappa shape index (κ2) is 2.92. The molecule has 0 aromatic carbocycles. The maximum Gasteiger partial charge on any atom is 0.389 e. The molecule has 3 heteroatoms. The van der Waals surface area contributed by atoms with Crippen molar-refractivity contribution in [1.82, 2.24) is 0 Å². The Labute approximate surface area is 67.6 Å². The molecule has 2 nitrogen and oxygen atoms in total. The first-order valence-corrected chi connectivity index (χ1v) is 3.67. The topological polar surface area (TPSA) is 20.9 Å². The monoisotopic (exact) mass is 200 g/mol. The summed E-state index contributed by atoms with van der Waals surface area (Å²) in [6.07, 6.45) is 3.44. The third-order valence-corrected chi connectivity index (χ3v) is 1.60. The number of carbonyl (C=O) groups is 1. The van der Waals surface area contributed by atoms with E-state index < -0.39 is 0 Å². The molecule has 1 heterocycles. The maximum absolute atomic E-state index is 10.7. The predicted molar refractivity (Wildman–Crippen MR) is 40.6 cm³/mol. The zero-order chi connectivity index (χ0) is 7.56. The van der Waals surface area contributed by atoms with Gasteiger partial charge in [-0.15, -0.1) is 4.57 Å². The number of pyridine rings is 1. The summed E-state index contributed by atoms with van der Waals surface area (Å²) in [5, 5.41) is 0. The minimum Gasteiger partial charge on any atom is -0.220 e. The van der Waals surface area contributed by atoms with Gasteiger partial charge in [0.1, 0.15) is 0 Å². The lowest BCUT2D eigenvalue weighted by molar-refractivity contribution is -0.573. The van der Waals surface area contributed by atoms with Crippen molar-refractivity contribution in [2.45, 2.75) is 6.92 Å². The van der Waals surface area contributed by atoms with Crippen LogP contribution in [0.15, 0.2) is 29.0 Å². The number of aromatic nitrogens is 1. The Morgan fingerprint density at radius 1 is 1.70 bits per heavy atom. The molecule has 0 aliphatic carbocycles. The van der Waals surface area contributed by atoms with Gasteiger partial charge in [-0.1, -0.05) is 0 Å². The van der Waals surface area contributed by atoms with Crippen LogP contribution in [0.3, 0.4) is 0 Å². The molecule has 0 saturated carbocycles. The van der Waals surface area contributed by atoms with Gasteiger partial charge < -0.3 is 0 Å². The highest BCUT2D eigenvalue weighted by Gasteiger charge is 2.04. The van der Waals surface area contributed by atoms with Crippen LogP contribution in [-0.2, 0) is 0 Å². The molecular weight excluding hydrogens is 194 g/mol. The van der Waals surface area contributed by atoms with E-state index in [2.05, 4.69) is 15.9 Å². The quantitative estimate of drug-likeness (QED) is 0.581. The first kappa shape index (κ1) is 7.41. The molecule has 10 heavy (non-hydrogen) atoms. The summed E-state index contributed by atoms with van der Waals surface area (Å²) in [7, 11) is 0. The van der Waals surface area contributed by atoms with Crippen molar-refractivity contribution in [1.29, 1.82) is 0 Å². The second-order valence-electron chi connectivity index (χ2n) is 1.95. The van der Waals surface area contributed by atoms with Gasteiger partial charge in [-0.25, -0.2) is 4.79 Å². The Hall–Kier alpha value is -0.700. The Balaban J connectivity index is 3.07. The molecule has 0 atom stereocenters. The predicted octanol–water partition coefficient (Wildman–Crippen LogP) is 1.40. The molecule has 0 spiro atoms. The average molecular weight is 201 g/mol. The zero-order valence-electron chi connectivity index (χ0n) is 5.54. The van der Waals surface area contributed by atoms with Crippen molar-refractivity contribution < 1.29 is 9.36 Å². The van der Waals surface area contributed by atoms with Crippen molar-refractivity contribution in [3.05, 3.63) is 29.0 Å². The van der Waals surface area contributed by atoms with Crippen LogP contribution >= 0.6 is 15.9 Å². The van der Waals surface area contributed by atoms with E-state index in [0.717, 1.165) is 4.47 Å². The van der Waals surface area contributed by atoms with Crippen LogP contribution in [0.4, 0.5) is 0 Å². The van der Waals surface area contributed by atoms with Crippen LogP contribution in [0.25, 0.3) is 0 Å². The summed E-state index contributed by atoms with van der Waals surface area (Å²) in [6, 6.07) is 3.69. The molecule has 1 aromatic rings. The molecule has 0 bridgehead atoms. The summed E-state index contributed by atoms with van der Waals surface area (Å²) in [4.78, 5) is 10.7. The SMILES string of the molecule is CC(=O)[n+]1cccc(Br)c1. The van der Waals surface area contributed by atoms with Gasteiger partial charge in [0.15, 0.2) is 12.4 Å². The van der Waals surface area contributed by atoms with Crippen molar-refractivity contribution in [2.75, 3.05) is 0 Å². The Kier molecular flexibility index (Phi) is 2.17. The van der Waals surface area contributed by atoms with Crippen molar-refractivity contribution >= 4 is 21.8 Å². The van der Waals surface area contributed by atoms with Crippen LogP contribution < -0.4 is 4.57 Å². The normalized spacial score (nSPS) is 9.40. The summed E-state index contributed by atoms with van der Waals surface area (Å²) < 4.78 is 2.43. The van der Waals surface area contributed by atoms with Crippen molar-refractivity contribution in [3.8, 4) is 0 Å². The van der Waals surface area contributed by atoms with Crippen LogP contribution in [0.5, 0.6) is 0 Å². The Morgan fingerprint density at radius 2 is 2.40 bits per heavy atom. The molecule has 0 N–H and O–H groups in total. The minimum absolute atomic E-state index is 0.0151. The smallest absolute Gasteiger partial charge is 0.220 e. The molecule has 0 amide bonds. The van der Waals surface area contributed by atoms with Gasteiger partial charge in [-0.2, -0.15) is 0 Å². The van der Waals surface area contributed by atoms with Gasteiger partial charge in [0.25, 0.3) is 0 Å². The molecule has 0 aliphatic heterocycles. The molecular formula is C7H7BrNO+. The van der Waals surface area contributed by atoms with Gasteiger partial charge in [0, 0.05) is 6.07 Å². The van der Waals surface area contributed by atoms with E-state index in [1.807, 2.05) is 12.1 Å². The standard InChI is InChI=1S/C7H7BrNO/c1-6(10)9-4-2-3-7(8)5-9/h2-5H,1H3/q+1. The summed E-state index contributed by atoms with van der Waals surface area (Å²) >= 11 is 3.26. The highest BCUT2D eigenvalue weighted by Crippen LogP contribution is 2.02. The van der Waals surface area contributed by atoms with Crippen LogP contribution in [0.1, 0.15) is 11.7 Å². The highest BCUT2D eigenvalue weighted by molar-refractivity contribution is 9.10. The molecule has 0 unspecified atom stereocenters. The molecule has 0 radical (unpaired) electrons. The Morgan fingerprint density at radius 3 is 2.80 bits per heavy atom. The summed E-state index contributed by atoms with van der Waals surface area (Å²) in [5.41, 5.74) is 0. The van der Waals surface area contributed by atoms with Crippen LogP contribution in [-0.4, -0.2) is 5.91 Å².